The molecule has 0 aliphatic heterocycles. The van der Waals surface area contributed by atoms with E-state index in [1.165, 1.54) is 0 Å². The third-order valence-corrected chi connectivity index (χ3v) is 4.26. The van der Waals surface area contributed by atoms with Crippen LogP contribution in [0.15, 0.2) is 42.5 Å². The Bertz CT molecular complexity index is 816. The molecule has 6 heteroatoms. The summed E-state index contributed by atoms with van der Waals surface area (Å²) < 4.78 is 11.1. The lowest BCUT2D eigenvalue weighted by atomic mass is 10.1. The van der Waals surface area contributed by atoms with Gasteiger partial charge in [0.05, 0.1) is 24.5 Å². The molecule has 0 bridgehead atoms. The standard InChI is InChI=1S/C22H28N2O4/c1-5-24(6-2)22(26)17-11-9-10-12-18(17)23-21(25)16-13-14-19(27-7-3)20(15-16)28-8-4/h9-15H,5-8H2,1-4H3,(H,23,25). The highest BCUT2D eigenvalue weighted by molar-refractivity contribution is 6.09. The Hall–Kier alpha value is -3.02. The second-order valence-electron chi connectivity index (χ2n) is 6.00. The maximum absolute atomic E-state index is 12.8. The monoisotopic (exact) mass is 384 g/mol. The van der Waals surface area contributed by atoms with Crippen molar-refractivity contribution < 1.29 is 19.1 Å². The number of rotatable bonds is 9. The van der Waals surface area contributed by atoms with Crippen LogP contribution < -0.4 is 14.8 Å². The molecule has 0 aliphatic rings. The van der Waals surface area contributed by atoms with Crippen LogP contribution in [0.5, 0.6) is 11.5 Å². The molecule has 0 aromatic heterocycles. The molecule has 0 radical (unpaired) electrons. The number of nitrogens with one attached hydrogen (secondary N) is 1. The number of benzene rings is 2. The van der Waals surface area contributed by atoms with Crippen LogP contribution >= 0.6 is 0 Å². The van der Waals surface area contributed by atoms with Crippen molar-refractivity contribution >= 4 is 17.5 Å². The average Bonchev–Trinajstić information content (AvgIpc) is 2.70. The van der Waals surface area contributed by atoms with E-state index in [0.29, 0.717) is 54.6 Å². The van der Waals surface area contributed by atoms with E-state index in [1.807, 2.05) is 27.7 Å². The number of carbonyl (C=O) groups excluding carboxylic acids is 2. The largest absolute Gasteiger partial charge is 0.490 e. The Kier molecular flexibility index (Phi) is 7.87. The lowest BCUT2D eigenvalue weighted by Crippen LogP contribution is -2.31. The molecule has 150 valence electrons. The van der Waals surface area contributed by atoms with Gasteiger partial charge in [-0.1, -0.05) is 12.1 Å². The summed E-state index contributed by atoms with van der Waals surface area (Å²) in [4.78, 5) is 27.2. The number of ether oxygens (including phenoxy) is 2. The Balaban J connectivity index is 2.28. The van der Waals surface area contributed by atoms with Gasteiger partial charge in [0, 0.05) is 18.7 Å². The van der Waals surface area contributed by atoms with Crippen LogP contribution in [-0.2, 0) is 0 Å². The number of hydrogen-bond donors (Lipinski definition) is 1. The molecule has 0 saturated heterocycles. The minimum absolute atomic E-state index is 0.109. The fraction of sp³-hybridized carbons (Fsp3) is 0.364. The van der Waals surface area contributed by atoms with Crippen LogP contribution in [0.1, 0.15) is 48.4 Å². The summed E-state index contributed by atoms with van der Waals surface area (Å²) in [5, 5.41) is 2.85. The molecule has 2 rings (SSSR count). The van der Waals surface area contributed by atoms with Gasteiger partial charge < -0.3 is 19.7 Å². The van der Waals surface area contributed by atoms with Crippen LogP contribution in [0.3, 0.4) is 0 Å². The third-order valence-electron chi connectivity index (χ3n) is 4.26. The zero-order valence-corrected chi connectivity index (χ0v) is 17.0. The average molecular weight is 384 g/mol. The van der Waals surface area contributed by atoms with Crippen molar-refractivity contribution in [1.82, 2.24) is 4.90 Å². The van der Waals surface area contributed by atoms with Crippen LogP contribution in [0, 0.1) is 0 Å². The van der Waals surface area contributed by atoms with Crippen molar-refractivity contribution in [3.63, 3.8) is 0 Å². The molecule has 0 atom stereocenters. The van der Waals surface area contributed by atoms with E-state index in [2.05, 4.69) is 5.32 Å². The maximum Gasteiger partial charge on any atom is 0.255 e. The molecule has 2 aromatic rings. The number of anilines is 1. The molecular formula is C22H28N2O4. The van der Waals surface area contributed by atoms with Crippen molar-refractivity contribution in [1.29, 1.82) is 0 Å². The van der Waals surface area contributed by atoms with Crippen molar-refractivity contribution in [3.8, 4) is 11.5 Å². The Morgan fingerprint density at radius 3 is 2.18 bits per heavy atom. The molecule has 0 fully saturated rings. The van der Waals surface area contributed by atoms with Gasteiger partial charge in [-0.15, -0.1) is 0 Å². The van der Waals surface area contributed by atoms with Crippen LogP contribution in [0.25, 0.3) is 0 Å². The molecule has 0 heterocycles. The highest BCUT2D eigenvalue weighted by atomic mass is 16.5. The number of hydrogen-bond acceptors (Lipinski definition) is 4. The van der Waals surface area contributed by atoms with Gasteiger partial charge >= 0.3 is 0 Å². The number of para-hydroxylation sites is 1. The molecule has 0 aliphatic carbocycles. The summed E-state index contributed by atoms with van der Waals surface area (Å²) in [6, 6.07) is 12.1. The lowest BCUT2D eigenvalue weighted by molar-refractivity contribution is 0.0774. The summed E-state index contributed by atoms with van der Waals surface area (Å²) in [7, 11) is 0. The molecule has 6 nitrogen and oxygen atoms in total. The first-order valence-electron chi connectivity index (χ1n) is 9.64. The van der Waals surface area contributed by atoms with E-state index in [0.717, 1.165) is 0 Å². The Morgan fingerprint density at radius 1 is 0.893 bits per heavy atom. The minimum atomic E-state index is -0.316. The van der Waals surface area contributed by atoms with Gasteiger partial charge in [0.1, 0.15) is 0 Å². The van der Waals surface area contributed by atoms with E-state index in [1.54, 1.807) is 47.4 Å². The van der Waals surface area contributed by atoms with E-state index >= 15 is 0 Å². The zero-order chi connectivity index (χ0) is 20.5. The van der Waals surface area contributed by atoms with Gasteiger partial charge in [-0.05, 0) is 58.0 Å². The van der Waals surface area contributed by atoms with Crippen molar-refractivity contribution in [2.75, 3.05) is 31.6 Å². The van der Waals surface area contributed by atoms with Crippen molar-refractivity contribution in [2.24, 2.45) is 0 Å². The van der Waals surface area contributed by atoms with E-state index in [-0.39, 0.29) is 11.8 Å². The quantitative estimate of drug-likeness (QED) is 0.703. The summed E-state index contributed by atoms with van der Waals surface area (Å²) in [5.74, 6) is 0.689. The van der Waals surface area contributed by atoms with E-state index < -0.39 is 0 Å². The van der Waals surface area contributed by atoms with Gasteiger partial charge in [0.15, 0.2) is 11.5 Å². The first-order chi connectivity index (χ1) is 13.5. The molecule has 0 saturated carbocycles. The summed E-state index contributed by atoms with van der Waals surface area (Å²) in [6.45, 7) is 9.80. The lowest BCUT2D eigenvalue weighted by Gasteiger charge is -2.20. The number of nitrogens with zero attached hydrogens (tertiary/aromatic N) is 1. The van der Waals surface area contributed by atoms with Gasteiger partial charge in [0.25, 0.3) is 11.8 Å². The molecule has 2 aromatic carbocycles. The third kappa shape index (κ3) is 5.03. The summed E-state index contributed by atoms with van der Waals surface area (Å²) in [6.07, 6.45) is 0. The van der Waals surface area contributed by atoms with Gasteiger partial charge in [0.2, 0.25) is 0 Å². The predicted molar refractivity (Wildman–Crippen MR) is 110 cm³/mol. The minimum Gasteiger partial charge on any atom is -0.490 e. The van der Waals surface area contributed by atoms with E-state index in [4.69, 9.17) is 9.47 Å². The smallest absolute Gasteiger partial charge is 0.255 e. The second-order valence-corrected chi connectivity index (χ2v) is 6.00. The predicted octanol–water partition coefficient (Wildman–Crippen LogP) is 4.22. The molecule has 0 unspecified atom stereocenters. The number of carbonyl (C=O) groups is 2. The summed E-state index contributed by atoms with van der Waals surface area (Å²) in [5.41, 5.74) is 1.38. The maximum atomic E-state index is 12.8. The molecule has 2 amide bonds. The second kappa shape index (κ2) is 10.3. The van der Waals surface area contributed by atoms with Gasteiger partial charge in [-0.25, -0.2) is 0 Å². The van der Waals surface area contributed by atoms with Crippen molar-refractivity contribution in [3.05, 3.63) is 53.6 Å². The zero-order valence-electron chi connectivity index (χ0n) is 17.0. The van der Waals surface area contributed by atoms with E-state index in [9.17, 15) is 9.59 Å². The molecule has 28 heavy (non-hydrogen) atoms. The van der Waals surface area contributed by atoms with Crippen LogP contribution in [0.4, 0.5) is 5.69 Å². The Labute approximate surface area is 166 Å². The first kappa shape index (κ1) is 21.3. The summed E-state index contributed by atoms with van der Waals surface area (Å²) >= 11 is 0. The topological polar surface area (TPSA) is 67.9 Å². The van der Waals surface area contributed by atoms with Crippen LogP contribution in [-0.4, -0.2) is 43.0 Å². The normalized spacial score (nSPS) is 10.3. The SMILES string of the molecule is CCOc1ccc(C(=O)Nc2ccccc2C(=O)N(CC)CC)cc1OCC. The van der Waals surface area contributed by atoms with Gasteiger partial charge in [-0.3, -0.25) is 9.59 Å². The molecule has 0 spiro atoms. The fourth-order valence-electron chi connectivity index (χ4n) is 2.85. The highest BCUT2D eigenvalue weighted by Gasteiger charge is 2.18. The fourth-order valence-corrected chi connectivity index (χ4v) is 2.85. The highest BCUT2D eigenvalue weighted by Crippen LogP contribution is 2.29. The van der Waals surface area contributed by atoms with Crippen molar-refractivity contribution in [2.45, 2.75) is 27.7 Å². The number of amides is 2. The van der Waals surface area contributed by atoms with Crippen LogP contribution in [0.2, 0.25) is 0 Å². The Morgan fingerprint density at radius 2 is 1.54 bits per heavy atom. The molecule has 1 N–H and O–H groups in total. The first-order valence-corrected chi connectivity index (χ1v) is 9.64. The molecular weight excluding hydrogens is 356 g/mol. The van der Waals surface area contributed by atoms with Gasteiger partial charge in [-0.2, -0.15) is 0 Å².